The number of hydrogen-bond acceptors (Lipinski definition) is 6. The second-order valence-electron chi connectivity index (χ2n) is 4.18. The van der Waals surface area contributed by atoms with Crippen molar-refractivity contribution < 1.29 is 9.90 Å². The predicted molar refractivity (Wildman–Crippen MR) is 65.9 cm³/mol. The second kappa shape index (κ2) is 5.74. The summed E-state index contributed by atoms with van der Waals surface area (Å²) in [5.74, 6) is 0.186. The highest BCUT2D eigenvalue weighted by molar-refractivity contribution is 5.92. The molecule has 0 unspecified atom stereocenters. The summed E-state index contributed by atoms with van der Waals surface area (Å²) in [6, 6.07) is 0. The molecule has 0 saturated carbocycles. The summed E-state index contributed by atoms with van der Waals surface area (Å²) in [5, 5.41) is 8.85. The van der Waals surface area contributed by atoms with Crippen molar-refractivity contribution in [3.63, 3.8) is 0 Å². The molecule has 2 heterocycles. The van der Waals surface area contributed by atoms with Gasteiger partial charge in [0.25, 0.3) is 5.91 Å². The summed E-state index contributed by atoms with van der Waals surface area (Å²) in [6.45, 7) is 3.64. The Kier molecular flexibility index (Phi) is 4.06. The van der Waals surface area contributed by atoms with E-state index in [1.807, 2.05) is 0 Å². The molecule has 18 heavy (non-hydrogen) atoms. The van der Waals surface area contributed by atoms with E-state index in [2.05, 4.69) is 14.9 Å². The summed E-state index contributed by atoms with van der Waals surface area (Å²) in [6.07, 6.45) is 2.78. The van der Waals surface area contributed by atoms with Crippen LogP contribution in [0.15, 0.2) is 12.4 Å². The van der Waals surface area contributed by atoms with Crippen molar-refractivity contribution in [3.05, 3.63) is 18.1 Å². The average molecular weight is 251 g/mol. The van der Waals surface area contributed by atoms with Gasteiger partial charge >= 0.3 is 0 Å². The Labute approximate surface area is 105 Å². The molecular formula is C11H17N5O2. The lowest BCUT2D eigenvalue weighted by atomic mass is 10.3. The third-order valence-electron chi connectivity index (χ3n) is 2.97. The van der Waals surface area contributed by atoms with Crippen molar-refractivity contribution in [1.29, 1.82) is 0 Å². The first-order valence-electron chi connectivity index (χ1n) is 5.90. The maximum absolute atomic E-state index is 12.1. The summed E-state index contributed by atoms with van der Waals surface area (Å²) in [4.78, 5) is 23.8. The second-order valence-corrected chi connectivity index (χ2v) is 4.18. The van der Waals surface area contributed by atoms with Crippen LogP contribution in [-0.2, 0) is 0 Å². The quantitative estimate of drug-likeness (QED) is 0.701. The summed E-state index contributed by atoms with van der Waals surface area (Å²) < 4.78 is 0. The Morgan fingerprint density at radius 3 is 2.56 bits per heavy atom. The molecule has 1 aliphatic heterocycles. The number of β-amino-alcohol motifs (C(OH)–C–C–N with tert-alkyl or cyclic N) is 1. The molecule has 1 amide bonds. The van der Waals surface area contributed by atoms with Gasteiger partial charge in [0.15, 0.2) is 0 Å². The Hall–Kier alpha value is -1.73. The van der Waals surface area contributed by atoms with Crippen LogP contribution < -0.4 is 5.73 Å². The van der Waals surface area contributed by atoms with Crippen molar-refractivity contribution in [2.24, 2.45) is 0 Å². The molecule has 0 aromatic carbocycles. The van der Waals surface area contributed by atoms with E-state index >= 15 is 0 Å². The largest absolute Gasteiger partial charge is 0.395 e. The van der Waals surface area contributed by atoms with E-state index in [-0.39, 0.29) is 12.5 Å². The highest BCUT2D eigenvalue weighted by Gasteiger charge is 2.22. The van der Waals surface area contributed by atoms with E-state index in [1.165, 1.54) is 12.4 Å². The van der Waals surface area contributed by atoms with Crippen molar-refractivity contribution in [2.45, 2.75) is 0 Å². The van der Waals surface area contributed by atoms with Gasteiger partial charge in [-0.3, -0.25) is 9.69 Å². The number of rotatable bonds is 3. The van der Waals surface area contributed by atoms with Gasteiger partial charge in [0.2, 0.25) is 0 Å². The van der Waals surface area contributed by atoms with Crippen LogP contribution in [0.4, 0.5) is 5.82 Å². The molecule has 98 valence electrons. The topological polar surface area (TPSA) is 95.6 Å². The minimum Gasteiger partial charge on any atom is -0.395 e. The minimum atomic E-state index is -0.119. The first-order chi connectivity index (χ1) is 8.70. The first-order valence-corrected chi connectivity index (χ1v) is 5.90. The van der Waals surface area contributed by atoms with Gasteiger partial charge in [0.05, 0.1) is 19.0 Å². The molecule has 0 atom stereocenters. The lowest BCUT2D eigenvalue weighted by Gasteiger charge is -2.34. The molecule has 1 saturated heterocycles. The Balaban J connectivity index is 1.93. The number of carbonyl (C=O) groups is 1. The fourth-order valence-corrected chi connectivity index (χ4v) is 1.93. The van der Waals surface area contributed by atoms with Gasteiger partial charge in [0, 0.05) is 32.7 Å². The Morgan fingerprint density at radius 2 is 2.00 bits per heavy atom. The van der Waals surface area contributed by atoms with Gasteiger partial charge < -0.3 is 15.7 Å². The SMILES string of the molecule is Nc1cnc(C(=O)N2CCN(CCO)CC2)cn1. The van der Waals surface area contributed by atoms with Crippen LogP contribution in [0.2, 0.25) is 0 Å². The van der Waals surface area contributed by atoms with Crippen molar-refractivity contribution in [1.82, 2.24) is 19.8 Å². The highest BCUT2D eigenvalue weighted by atomic mass is 16.3. The lowest BCUT2D eigenvalue weighted by molar-refractivity contribution is 0.0609. The van der Waals surface area contributed by atoms with Crippen LogP contribution in [0.3, 0.4) is 0 Å². The standard InChI is InChI=1S/C11H17N5O2/c12-10-8-13-9(7-14-10)11(18)16-3-1-15(2-4-16)5-6-17/h7-8,17H,1-6H2,(H2,12,14). The van der Waals surface area contributed by atoms with Crippen molar-refractivity contribution >= 4 is 11.7 Å². The molecule has 0 spiro atoms. The van der Waals surface area contributed by atoms with Crippen LogP contribution in [0.5, 0.6) is 0 Å². The molecule has 0 aliphatic carbocycles. The predicted octanol–water partition coefficient (Wildman–Crippen LogP) is -1.19. The van der Waals surface area contributed by atoms with Crippen LogP contribution in [0.25, 0.3) is 0 Å². The highest BCUT2D eigenvalue weighted by Crippen LogP contribution is 2.06. The number of anilines is 1. The number of nitrogens with two attached hydrogens (primary N) is 1. The normalized spacial score (nSPS) is 16.8. The zero-order valence-electron chi connectivity index (χ0n) is 10.1. The smallest absolute Gasteiger partial charge is 0.274 e. The lowest BCUT2D eigenvalue weighted by Crippen LogP contribution is -2.49. The van der Waals surface area contributed by atoms with E-state index in [0.717, 1.165) is 13.1 Å². The average Bonchev–Trinajstić information content (AvgIpc) is 2.40. The monoisotopic (exact) mass is 251 g/mol. The van der Waals surface area contributed by atoms with Gasteiger partial charge in [-0.05, 0) is 0 Å². The zero-order valence-corrected chi connectivity index (χ0v) is 10.1. The van der Waals surface area contributed by atoms with Crippen LogP contribution in [-0.4, -0.2) is 70.1 Å². The number of hydrogen-bond donors (Lipinski definition) is 2. The molecule has 0 bridgehead atoms. The molecule has 1 aromatic heterocycles. The number of piperazine rings is 1. The molecule has 7 nitrogen and oxygen atoms in total. The molecule has 1 aliphatic rings. The van der Waals surface area contributed by atoms with E-state index in [1.54, 1.807) is 4.90 Å². The van der Waals surface area contributed by atoms with Gasteiger partial charge in [0.1, 0.15) is 11.5 Å². The molecule has 1 fully saturated rings. The third-order valence-corrected chi connectivity index (χ3v) is 2.97. The van der Waals surface area contributed by atoms with E-state index in [4.69, 9.17) is 10.8 Å². The number of aliphatic hydroxyl groups is 1. The van der Waals surface area contributed by atoms with Crippen LogP contribution in [0, 0.1) is 0 Å². The number of amides is 1. The molecule has 2 rings (SSSR count). The fraction of sp³-hybridized carbons (Fsp3) is 0.545. The van der Waals surface area contributed by atoms with Gasteiger partial charge in [-0.1, -0.05) is 0 Å². The maximum Gasteiger partial charge on any atom is 0.274 e. The minimum absolute atomic E-state index is 0.119. The molecule has 7 heteroatoms. The van der Waals surface area contributed by atoms with Gasteiger partial charge in [-0.25, -0.2) is 9.97 Å². The summed E-state index contributed by atoms with van der Waals surface area (Å²) in [7, 11) is 0. The van der Waals surface area contributed by atoms with Crippen molar-refractivity contribution in [3.8, 4) is 0 Å². The number of carbonyl (C=O) groups excluding carboxylic acids is 1. The maximum atomic E-state index is 12.1. The molecule has 3 N–H and O–H groups in total. The number of nitrogens with zero attached hydrogens (tertiary/aromatic N) is 4. The van der Waals surface area contributed by atoms with E-state index in [9.17, 15) is 4.79 Å². The summed E-state index contributed by atoms with van der Waals surface area (Å²) >= 11 is 0. The Bertz CT molecular complexity index is 400. The van der Waals surface area contributed by atoms with Crippen LogP contribution >= 0.6 is 0 Å². The first kappa shape index (κ1) is 12.7. The van der Waals surface area contributed by atoms with Crippen LogP contribution in [0.1, 0.15) is 10.5 Å². The molecule has 1 aromatic rings. The third kappa shape index (κ3) is 2.93. The fourth-order valence-electron chi connectivity index (χ4n) is 1.93. The van der Waals surface area contributed by atoms with E-state index in [0.29, 0.717) is 31.1 Å². The zero-order chi connectivity index (χ0) is 13.0. The van der Waals surface area contributed by atoms with Gasteiger partial charge in [-0.15, -0.1) is 0 Å². The van der Waals surface area contributed by atoms with Crippen molar-refractivity contribution in [2.75, 3.05) is 45.1 Å². The molecule has 0 radical (unpaired) electrons. The van der Waals surface area contributed by atoms with E-state index < -0.39 is 0 Å². The number of aromatic nitrogens is 2. The number of nitrogen functional groups attached to an aromatic ring is 1. The molecular weight excluding hydrogens is 234 g/mol. The summed E-state index contributed by atoms with van der Waals surface area (Å²) in [5.41, 5.74) is 5.75. The Morgan fingerprint density at radius 1 is 1.28 bits per heavy atom. The van der Waals surface area contributed by atoms with Gasteiger partial charge in [-0.2, -0.15) is 0 Å². The number of aliphatic hydroxyl groups excluding tert-OH is 1.